The fraction of sp³-hybridized carbons (Fsp3) is 0.444. The smallest absolute Gasteiger partial charge is 0.232 e. The fourth-order valence-corrected chi connectivity index (χ4v) is 3.32. The minimum absolute atomic E-state index is 0.0233. The number of carbonyl (C=O) groups excluding carboxylic acids is 1. The molecule has 1 amide bonds. The molecule has 7 heteroatoms. The van der Waals surface area contributed by atoms with Gasteiger partial charge in [-0.15, -0.1) is 0 Å². The molecule has 0 aliphatic rings. The molecule has 1 N–H and O–H groups in total. The van der Waals surface area contributed by atoms with E-state index in [2.05, 4.69) is 17.2 Å². The van der Waals surface area contributed by atoms with Crippen molar-refractivity contribution in [2.24, 2.45) is 0 Å². The van der Waals surface area contributed by atoms with Crippen molar-refractivity contribution >= 4 is 16.7 Å². The molecular weight excluding hydrogens is 340 g/mol. The highest BCUT2D eigenvalue weighted by atomic mass is 32.2. The van der Waals surface area contributed by atoms with Crippen molar-refractivity contribution in [3.63, 3.8) is 0 Å². The maximum absolute atomic E-state index is 12.2. The SMILES string of the molecule is CCCCNC(=O)CS(=O)Cc1nc(-c2cccc(OC)c2)oc1C. The van der Waals surface area contributed by atoms with Crippen LogP contribution in [0.1, 0.15) is 31.2 Å². The van der Waals surface area contributed by atoms with Crippen LogP contribution in [0.2, 0.25) is 0 Å². The van der Waals surface area contributed by atoms with E-state index < -0.39 is 10.8 Å². The maximum Gasteiger partial charge on any atom is 0.232 e. The Labute approximate surface area is 150 Å². The number of hydrogen-bond donors (Lipinski definition) is 1. The molecule has 1 aromatic carbocycles. The third-order valence-corrected chi connectivity index (χ3v) is 4.83. The van der Waals surface area contributed by atoms with Gasteiger partial charge in [-0.3, -0.25) is 9.00 Å². The lowest BCUT2D eigenvalue weighted by molar-refractivity contribution is -0.118. The Hall–Kier alpha value is -2.15. The average molecular weight is 364 g/mol. The predicted octanol–water partition coefficient (Wildman–Crippen LogP) is 2.82. The highest BCUT2D eigenvalue weighted by Crippen LogP contribution is 2.25. The number of ether oxygens (including phenoxy) is 1. The number of unbranched alkanes of at least 4 members (excludes halogenated alkanes) is 1. The number of nitrogens with one attached hydrogen (secondary N) is 1. The minimum Gasteiger partial charge on any atom is -0.497 e. The van der Waals surface area contributed by atoms with Crippen LogP contribution in [0, 0.1) is 6.92 Å². The molecule has 1 atom stereocenters. The first-order valence-electron chi connectivity index (χ1n) is 8.26. The summed E-state index contributed by atoms with van der Waals surface area (Å²) in [5.74, 6) is 1.75. The summed E-state index contributed by atoms with van der Waals surface area (Å²) in [6.45, 7) is 4.46. The molecule has 0 bridgehead atoms. The molecule has 0 saturated carbocycles. The van der Waals surface area contributed by atoms with E-state index >= 15 is 0 Å². The van der Waals surface area contributed by atoms with E-state index in [0.717, 1.165) is 18.4 Å². The number of aromatic nitrogens is 1. The van der Waals surface area contributed by atoms with Gasteiger partial charge in [-0.1, -0.05) is 19.4 Å². The van der Waals surface area contributed by atoms with Crippen molar-refractivity contribution in [3.05, 3.63) is 35.7 Å². The van der Waals surface area contributed by atoms with E-state index in [1.807, 2.05) is 24.3 Å². The third-order valence-electron chi connectivity index (χ3n) is 3.65. The van der Waals surface area contributed by atoms with Crippen molar-refractivity contribution in [1.29, 1.82) is 0 Å². The molecule has 0 saturated heterocycles. The van der Waals surface area contributed by atoms with Gasteiger partial charge in [0.05, 0.1) is 18.6 Å². The molecule has 0 spiro atoms. The summed E-state index contributed by atoms with van der Waals surface area (Å²) in [7, 11) is 0.272. The van der Waals surface area contributed by atoms with Gasteiger partial charge in [0, 0.05) is 22.9 Å². The van der Waals surface area contributed by atoms with Crippen molar-refractivity contribution in [3.8, 4) is 17.2 Å². The number of rotatable bonds is 9. The summed E-state index contributed by atoms with van der Waals surface area (Å²) in [6.07, 6.45) is 1.93. The third kappa shape index (κ3) is 5.70. The summed E-state index contributed by atoms with van der Waals surface area (Å²) in [4.78, 5) is 16.2. The lowest BCUT2D eigenvalue weighted by Gasteiger charge is -2.03. The van der Waals surface area contributed by atoms with Gasteiger partial charge in [-0.05, 0) is 31.5 Å². The first-order chi connectivity index (χ1) is 12.0. The van der Waals surface area contributed by atoms with Gasteiger partial charge >= 0.3 is 0 Å². The number of carbonyl (C=O) groups is 1. The van der Waals surface area contributed by atoms with Crippen LogP contribution in [0.25, 0.3) is 11.5 Å². The van der Waals surface area contributed by atoms with E-state index in [0.29, 0.717) is 29.6 Å². The number of benzene rings is 1. The minimum atomic E-state index is -1.33. The molecule has 1 unspecified atom stereocenters. The van der Waals surface area contributed by atoms with Gasteiger partial charge in [-0.2, -0.15) is 0 Å². The highest BCUT2D eigenvalue weighted by Gasteiger charge is 2.16. The topological polar surface area (TPSA) is 81.4 Å². The first-order valence-corrected chi connectivity index (χ1v) is 9.74. The Morgan fingerprint density at radius 1 is 1.40 bits per heavy atom. The molecular formula is C18H24N2O4S. The second kappa shape index (κ2) is 9.36. The van der Waals surface area contributed by atoms with E-state index in [-0.39, 0.29) is 17.4 Å². The Morgan fingerprint density at radius 3 is 2.92 bits per heavy atom. The Kier molecular flexibility index (Phi) is 7.18. The number of amides is 1. The zero-order chi connectivity index (χ0) is 18.2. The Bertz CT molecular complexity index is 742. The summed E-state index contributed by atoms with van der Waals surface area (Å²) in [6, 6.07) is 7.39. The molecule has 0 fully saturated rings. The lowest BCUT2D eigenvalue weighted by atomic mass is 10.2. The van der Waals surface area contributed by atoms with Gasteiger partial charge in [0.15, 0.2) is 0 Å². The zero-order valence-corrected chi connectivity index (χ0v) is 15.6. The van der Waals surface area contributed by atoms with Gasteiger partial charge in [0.25, 0.3) is 0 Å². The summed E-state index contributed by atoms with van der Waals surface area (Å²) in [5, 5.41) is 2.77. The monoisotopic (exact) mass is 364 g/mol. The number of nitrogens with zero attached hydrogens (tertiary/aromatic N) is 1. The lowest BCUT2D eigenvalue weighted by Crippen LogP contribution is -2.29. The van der Waals surface area contributed by atoms with Gasteiger partial charge in [-0.25, -0.2) is 4.98 Å². The molecule has 2 aromatic rings. The molecule has 0 radical (unpaired) electrons. The number of aryl methyl sites for hydroxylation is 1. The molecule has 2 rings (SSSR count). The van der Waals surface area contributed by atoms with E-state index in [1.54, 1.807) is 14.0 Å². The quantitative estimate of drug-likeness (QED) is 0.692. The van der Waals surface area contributed by atoms with Crippen molar-refractivity contribution in [1.82, 2.24) is 10.3 Å². The van der Waals surface area contributed by atoms with Gasteiger partial charge in [0.1, 0.15) is 17.3 Å². The van der Waals surface area contributed by atoms with Crippen LogP contribution in [0.4, 0.5) is 0 Å². The molecule has 1 heterocycles. The van der Waals surface area contributed by atoms with Crippen molar-refractivity contribution in [2.45, 2.75) is 32.4 Å². The summed E-state index contributed by atoms with van der Waals surface area (Å²) >= 11 is 0. The first kappa shape index (κ1) is 19.2. The number of methoxy groups -OCH3 is 1. The number of oxazole rings is 1. The standard InChI is InChI=1S/C18H24N2O4S/c1-4-5-9-19-17(21)12-25(22)11-16-13(2)24-18(20-16)14-7-6-8-15(10-14)23-3/h6-8,10H,4-5,9,11-12H2,1-3H3,(H,19,21). The van der Waals surface area contributed by atoms with Crippen LogP contribution in [0.15, 0.2) is 28.7 Å². The van der Waals surface area contributed by atoms with Crippen LogP contribution < -0.4 is 10.1 Å². The molecule has 6 nitrogen and oxygen atoms in total. The van der Waals surface area contributed by atoms with Crippen LogP contribution in [0.3, 0.4) is 0 Å². The van der Waals surface area contributed by atoms with Crippen LogP contribution >= 0.6 is 0 Å². The Balaban J connectivity index is 2.00. The second-order valence-corrected chi connectivity index (χ2v) is 7.14. The Morgan fingerprint density at radius 2 is 2.20 bits per heavy atom. The van der Waals surface area contributed by atoms with Gasteiger partial charge < -0.3 is 14.5 Å². The van der Waals surface area contributed by atoms with E-state index in [9.17, 15) is 9.00 Å². The van der Waals surface area contributed by atoms with Crippen LogP contribution in [-0.4, -0.2) is 34.5 Å². The summed E-state index contributed by atoms with van der Waals surface area (Å²) < 4.78 is 23.1. The van der Waals surface area contributed by atoms with Crippen molar-refractivity contribution < 1.29 is 18.2 Å². The van der Waals surface area contributed by atoms with E-state index in [4.69, 9.17) is 9.15 Å². The summed E-state index contributed by atoms with van der Waals surface area (Å²) in [5.41, 5.74) is 1.40. The normalized spacial score (nSPS) is 12.0. The average Bonchev–Trinajstić information content (AvgIpc) is 2.95. The fourth-order valence-electron chi connectivity index (χ4n) is 2.25. The van der Waals surface area contributed by atoms with Crippen LogP contribution in [0.5, 0.6) is 5.75 Å². The van der Waals surface area contributed by atoms with E-state index in [1.165, 1.54) is 0 Å². The maximum atomic E-state index is 12.2. The second-order valence-electron chi connectivity index (χ2n) is 5.69. The largest absolute Gasteiger partial charge is 0.497 e. The van der Waals surface area contributed by atoms with Gasteiger partial charge in [0.2, 0.25) is 11.8 Å². The predicted molar refractivity (Wildman–Crippen MR) is 97.9 cm³/mol. The van der Waals surface area contributed by atoms with Crippen LogP contribution in [-0.2, 0) is 21.3 Å². The molecule has 25 heavy (non-hydrogen) atoms. The van der Waals surface area contributed by atoms with Crippen molar-refractivity contribution in [2.75, 3.05) is 19.4 Å². The molecule has 0 aliphatic carbocycles. The molecule has 0 aliphatic heterocycles. The molecule has 136 valence electrons. The number of hydrogen-bond acceptors (Lipinski definition) is 5. The highest BCUT2D eigenvalue weighted by molar-refractivity contribution is 7.84. The zero-order valence-electron chi connectivity index (χ0n) is 14.8. The molecule has 1 aromatic heterocycles.